The van der Waals surface area contributed by atoms with Gasteiger partial charge in [0.15, 0.2) is 0 Å². The number of nitrogens with two attached hydrogens (primary N) is 1. The SMILES string of the molecule is N#CCCCCn1ccc(CCN)c1. The molecule has 2 N–H and O–H groups in total. The third-order valence-corrected chi connectivity index (χ3v) is 2.20. The van der Waals surface area contributed by atoms with E-state index in [0.29, 0.717) is 13.0 Å². The van der Waals surface area contributed by atoms with Gasteiger partial charge in [-0.3, -0.25) is 0 Å². The molecule has 3 heteroatoms. The quantitative estimate of drug-likeness (QED) is 0.695. The highest BCUT2D eigenvalue weighted by atomic mass is 14.9. The normalized spacial score (nSPS) is 10.0. The van der Waals surface area contributed by atoms with Crippen LogP contribution >= 0.6 is 0 Å². The van der Waals surface area contributed by atoms with Crippen molar-refractivity contribution in [3.8, 4) is 6.07 Å². The molecule has 0 saturated heterocycles. The Morgan fingerprint density at radius 1 is 1.43 bits per heavy atom. The molecule has 0 aliphatic carbocycles. The van der Waals surface area contributed by atoms with Gasteiger partial charge in [-0.1, -0.05) is 0 Å². The second-order valence-corrected chi connectivity index (χ2v) is 3.41. The third-order valence-electron chi connectivity index (χ3n) is 2.20. The first kappa shape index (κ1) is 10.8. The molecule has 0 fully saturated rings. The Labute approximate surface area is 85.1 Å². The van der Waals surface area contributed by atoms with Crippen LogP contribution < -0.4 is 5.73 Å². The first-order valence-corrected chi connectivity index (χ1v) is 5.08. The van der Waals surface area contributed by atoms with Crippen LogP contribution in [0.2, 0.25) is 0 Å². The molecule has 1 heterocycles. The van der Waals surface area contributed by atoms with E-state index in [9.17, 15) is 0 Å². The molecular weight excluding hydrogens is 174 g/mol. The fourth-order valence-corrected chi connectivity index (χ4v) is 1.44. The van der Waals surface area contributed by atoms with Gasteiger partial charge < -0.3 is 10.3 Å². The fourth-order valence-electron chi connectivity index (χ4n) is 1.44. The lowest BCUT2D eigenvalue weighted by atomic mass is 10.2. The lowest BCUT2D eigenvalue weighted by Gasteiger charge is -2.00. The summed E-state index contributed by atoms with van der Waals surface area (Å²) in [6, 6.07) is 4.26. The van der Waals surface area contributed by atoms with Crippen molar-refractivity contribution in [1.82, 2.24) is 4.57 Å². The van der Waals surface area contributed by atoms with Gasteiger partial charge >= 0.3 is 0 Å². The van der Waals surface area contributed by atoms with Crippen LogP contribution in [0, 0.1) is 11.3 Å². The number of rotatable bonds is 6. The summed E-state index contributed by atoms with van der Waals surface area (Å²) < 4.78 is 2.17. The highest BCUT2D eigenvalue weighted by molar-refractivity contribution is 5.10. The van der Waals surface area contributed by atoms with Crippen LogP contribution in [-0.4, -0.2) is 11.1 Å². The topological polar surface area (TPSA) is 54.7 Å². The van der Waals surface area contributed by atoms with Crippen molar-refractivity contribution in [2.75, 3.05) is 6.54 Å². The zero-order valence-electron chi connectivity index (χ0n) is 8.45. The first-order valence-electron chi connectivity index (χ1n) is 5.08. The van der Waals surface area contributed by atoms with Crippen molar-refractivity contribution in [2.45, 2.75) is 32.2 Å². The number of aromatic nitrogens is 1. The van der Waals surface area contributed by atoms with E-state index < -0.39 is 0 Å². The summed E-state index contributed by atoms with van der Waals surface area (Å²) in [5.74, 6) is 0. The Kier molecular flexibility index (Phi) is 4.81. The minimum atomic E-state index is 0.664. The second-order valence-electron chi connectivity index (χ2n) is 3.41. The van der Waals surface area contributed by atoms with E-state index >= 15 is 0 Å². The molecule has 0 saturated carbocycles. The molecule has 0 amide bonds. The van der Waals surface area contributed by atoms with Gasteiger partial charge in [0.05, 0.1) is 6.07 Å². The van der Waals surface area contributed by atoms with Gasteiger partial charge in [0.1, 0.15) is 0 Å². The van der Waals surface area contributed by atoms with Gasteiger partial charge in [0.25, 0.3) is 0 Å². The summed E-state index contributed by atoms with van der Waals surface area (Å²) in [7, 11) is 0. The Morgan fingerprint density at radius 2 is 2.29 bits per heavy atom. The van der Waals surface area contributed by atoms with Crippen molar-refractivity contribution < 1.29 is 0 Å². The highest BCUT2D eigenvalue weighted by Crippen LogP contribution is 2.04. The van der Waals surface area contributed by atoms with Gasteiger partial charge in [-0.2, -0.15) is 5.26 Å². The number of unbranched alkanes of at least 4 members (excludes halogenated alkanes) is 2. The minimum Gasteiger partial charge on any atom is -0.354 e. The van der Waals surface area contributed by atoms with Crippen LogP contribution in [0.1, 0.15) is 24.8 Å². The van der Waals surface area contributed by atoms with E-state index in [1.807, 2.05) is 0 Å². The lowest BCUT2D eigenvalue weighted by molar-refractivity contribution is 0.617. The van der Waals surface area contributed by atoms with Crippen LogP contribution in [0.15, 0.2) is 18.5 Å². The van der Waals surface area contributed by atoms with Crippen LogP contribution in [-0.2, 0) is 13.0 Å². The molecule has 0 bridgehead atoms. The van der Waals surface area contributed by atoms with E-state index in [4.69, 9.17) is 11.0 Å². The standard InChI is InChI=1S/C11H17N3/c12-6-2-1-3-8-14-9-5-11(10-14)4-7-13/h5,9-10H,1-4,7-8,13H2. The maximum absolute atomic E-state index is 8.37. The summed E-state index contributed by atoms with van der Waals surface area (Å²) in [5, 5.41) is 8.37. The summed E-state index contributed by atoms with van der Waals surface area (Å²) in [6.07, 6.45) is 7.89. The van der Waals surface area contributed by atoms with E-state index in [1.54, 1.807) is 0 Å². The van der Waals surface area contributed by atoms with Gasteiger partial charge in [-0.05, 0) is 37.4 Å². The number of nitriles is 1. The van der Waals surface area contributed by atoms with E-state index in [1.165, 1.54) is 5.56 Å². The zero-order valence-corrected chi connectivity index (χ0v) is 8.45. The molecule has 0 radical (unpaired) electrons. The Balaban J connectivity index is 2.26. The second kappa shape index (κ2) is 6.22. The molecule has 1 aromatic rings. The van der Waals surface area contributed by atoms with Crippen molar-refractivity contribution >= 4 is 0 Å². The molecular formula is C11H17N3. The Hall–Kier alpha value is -1.27. The van der Waals surface area contributed by atoms with E-state index in [2.05, 4.69) is 29.1 Å². The molecule has 0 aliphatic rings. The monoisotopic (exact) mass is 191 g/mol. The molecule has 1 aromatic heterocycles. The predicted octanol–water partition coefficient (Wildman–Crippen LogP) is 1.68. The van der Waals surface area contributed by atoms with Crippen LogP contribution in [0.3, 0.4) is 0 Å². The molecule has 0 spiro atoms. The third kappa shape index (κ3) is 3.63. The fraction of sp³-hybridized carbons (Fsp3) is 0.545. The smallest absolute Gasteiger partial charge is 0.0621 e. The average Bonchev–Trinajstić information content (AvgIpc) is 2.61. The van der Waals surface area contributed by atoms with Gasteiger partial charge in [0.2, 0.25) is 0 Å². The number of hydrogen-bond acceptors (Lipinski definition) is 2. The Morgan fingerprint density at radius 3 is 3.00 bits per heavy atom. The van der Waals surface area contributed by atoms with Gasteiger partial charge in [-0.15, -0.1) is 0 Å². The largest absolute Gasteiger partial charge is 0.354 e. The van der Waals surface area contributed by atoms with E-state index in [0.717, 1.165) is 25.8 Å². The first-order chi connectivity index (χ1) is 6.86. The predicted molar refractivity (Wildman–Crippen MR) is 56.7 cm³/mol. The summed E-state index contributed by atoms with van der Waals surface area (Å²) in [6.45, 7) is 1.71. The van der Waals surface area contributed by atoms with Crippen molar-refractivity contribution in [3.63, 3.8) is 0 Å². The molecule has 0 aliphatic heterocycles. The van der Waals surface area contributed by atoms with Crippen molar-refractivity contribution in [1.29, 1.82) is 5.26 Å². The zero-order chi connectivity index (χ0) is 10.2. The van der Waals surface area contributed by atoms with Crippen LogP contribution in [0.4, 0.5) is 0 Å². The highest BCUT2D eigenvalue weighted by Gasteiger charge is 1.95. The number of aryl methyl sites for hydroxylation is 1. The molecule has 76 valence electrons. The number of hydrogen-bond donors (Lipinski definition) is 1. The van der Waals surface area contributed by atoms with Crippen molar-refractivity contribution in [2.24, 2.45) is 5.73 Å². The summed E-state index contributed by atoms with van der Waals surface area (Å²) in [5.41, 5.74) is 6.76. The van der Waals surface area contributed by atoms with Gasteiger partial charge in [0, 0.05) is 25.4 Å². The molecule has 0 unspecified atom stereocenters. The molecule has 0 aromatic carbocycles. The van der Waals surface area contributed by atoms with Gasteiger partial charge in [-0.25, -0.2) is 0 Å². The minimum absolute atomic E-state index is 0.664. The van der Waals surface area contributed by atoms with Crippen LogP contribution in [0.25, 0.3) is 0 Å². The summed E-state index contributed by atoms with van der Waals surface area (Å²) in [4.78, 5) is 0. The Bertz CT molecular complexity index is 296. The molecule has 3 nitrogen and oxygen atoms in total. The molecule has 1 rings (SSSR count). The average molecular weight is 191 g/mol. The number of nitrogens with zero attached hydrogens (tertiary/aromatic N) is 2. The van der Waals surface area contributed by atoms with Crippen LogP contribution in [0.5, 0.6) is 0 Å². The molecule has 14 heavy (non-hydrogen) atoms. The maximum Gasteiger partial charge on any atom is 0.0621 e. The van der Waals surface area contributed by atoms with E-state index in [-0.39, 0.29) is 0 Å². The maximum atomic E-state index is 8.37. The lowest BCUT2D eigenvalue weighted by Crippen LogP contribution is -2.01. The molecule has 0 atom stereocenters. The van der Waals surface area contributed by atoms with Crippen molar-refractivity contribution in [3.05, 3.63) is 24.0 Å². The summed E-state index contributed by atoms with van der Waals surface area (Å²) >= 11 is 0.